The van der Waals surface area contributed by atoms with E-state index in [1.165, 1.54) is 66.1 Å². The Morgan fingerprint density at radius 2 is 0.971 bits per heavy atom. The van der Waals surface area contributed by atoms with Crippen molar-refractivity contribution < 1.29 is 0 Å². The average Bonchev–Trinajstić information content (AvgIpc) is 3.38. The summed E-state index contributed by atoms with van der Waals surface area (Å²) in [5.41, 5.74) is 9.87. The van der Waals surface area contributed by atoms with Crippen LogP contribution in [0.5, 0.6) is 0 Å². The Kier molecular flexibility index (Phi) is 4.01. The predicted molar refractivity (Wildman–Crippen MR) is 145 cm³/mol. The van der Waals surface area contributed by atoms with Crippen molar-refractivity contribution in [1.29, 1.82) is 0 Å². The number of nitrogens with zero attached hydrogens (tertiary/aromatic N) is 2. The first-order valence-corrected chi connectivity index (χ1v) is 11.8. The SMILES string of the molecule is Cc1ccc(-n2c3ccccc3c3ccc4c5ccccc5n(-c5cccc(C)c5)c4c32)cc1. The normalized spacial score (nSPS) is 11.8. The van der Waals surface area contributed by atoms with Crippen LogP contribution in [0.1, 0.15) is 11.1 Å². The lowest BCUT2D eigenvalue weighted by Crippen LogP contribution is -1.99. The Bertz CT molecular complexity index is 1860. The van der Waals surface area contributed by atoms with Gasteiger partial charge in [-0.1, -0.05) is 78.4 Å². The van der Waals surface area contributed by atoms with Crippen molar-refractivity contribution in [3.8, 4) is 11.4 Å². The van der Waals surface area contributed by atoms with E-state index in [2.05, 4.69) is 132 Å². The molecule has 0 radical (unpaired) electrons. The van der Waals surface area contributed by atoms with Gasteiger partial charge in [-0.15, -0.1) is 0 Å². The van der Waals surface area contributed by atoms with Gasteiger partial charge in [0.05, 0.1) is 22.1 Å². The molecule has 0 amide bonds. The first kappa shape index (κ1) is 19.2. The third-order valence-corrected chi connectivity index (χ3v) is 7.02. The van der Waals surface area contributed by atoms with Gasteiger partial charge in [0, 0.05) is 32.9 Å². The molecule has 0 aliphatic rings. The number of rotatable bonds is 2. The van der Waals surface area contributed by atoms with Crippen molar-refractivity contribution in [3.05, 3.63) is 120 Å². The molecule has 7 rings (SSSR count). The zero-order chi connectivity index (χ0) is 22.8. The maximum absolute atomic E-state index is 2.45. The molecule has 2 aromatic heterocycles. The average molecular weight is 437 g/mol. The Balaban J connectivity index is 1.77. The van der Waals surface area contributed by atoms with Gasteiger partial charge in [-0.05, 0) is 55.8 Å². The van der Waals surface area contributed by atoms with Crippen LogP contribution in [0, 0.1) is 13.8 Å². The summed E-state index contributed by atoms with van der Waals surface area (Å²) in [5, 5.41) is 5.11. The summed E-state index contributed by atoms with van der Waals surface area (Å²) in [6.45, 7) is 4.31. The minimum atomic E-state index is 1.19. The molecule has 7 aromatic rings. The zero-order valence-electron chi connectivity index (χ0n) is 19.3. The first-order chi connectivity index (χ1) is 16.7. The summed E-state index contributed by atoms with van der Waals surface area (Å²) >= 11 is 0. The summed E-state index contributed by atoms with van der Waals surface area (Å²) < 4.78 is 4.89. The van der Waals surface area contributed by atoms with Gasteiger partial charge in [0.1, 0.15) is 0 Å². The maximum atomic E-state index is 2.45. The minimum absolute atomic E-state index is 1.19. The number of benzene rings is 5. The number of aryl methyl sites for hydroxylation is 2. The summed E-state index contributed by atoms with van der Waals surface area (Å²) in [6.07, 6.45) is 0. The standard InChI is InChI=1S/C32H24N2/c1-21-14-16-23(17-15-21)33-29-12-5-3-10-25(29)27-18-19-28-26-11-4-6-13-30(26)34(32(28)31(27)33)24-9-7-8-22(2)20-24/h3-20H,1-2H3. The van der Waals surface area contributed by atoms with E-state index in [0.717, 1.165) is 0 Å². The van der Waals surface area contributed by atoms with Crippen LogP contribution in [0.3, 0.4) is 0 Å². The van der Waals surface area contributed by atoms with E-state index in [0.29, 0.717) is 0 Å². The second kappa shape index (κ2) is 7.10. The molecule has 0 fully saturated rings. The Morgan fingerprint density at radius 1 is 0.412 bits per heavy atom. The van der Waals surface area contributed by atoms with E-state index >= 15 is 0 Å². The summed E-state index contributed by atoms with van der Waals surface area (Å²) in [4.78, 5) is 0. The molecule has 34 heavy (non-hydrogen) atoms. The van der Waals surface area contributed by atoms with Crippen LogP contribution >= 0.6 is 0 Å². The zero-order valence-corrected chi connectivity index (χ0v) is 19.3. The molecule has 5 aromatic carbocycles. The molecular weight excluding hydrogens is 412 g/mol. The van der Waals surface area contributed by atoms with Gasteiger partial charge in [0.25, 0.3) is 0 Å². The smallest absolute Gasteiger partial charge is 0.0788 e. The highest BCUT2D eigenvalue weighted by Gasteiger charge is 2.20. The number of aromatic nitrogens is 2. The summed E-state index contributed by atoms with van der Waals surface area (Å²) in [6, 6.07) is 39.8. The molecule has 0 unspecified atom stereocenters. The van der Waals surface area contributed by atoms with Gasteiger partial charge >= 0.3 is 0 Å². The van der Waals surface area contributed by atoms with Gasteiger partial charge in [-0.3, -0.25) is 0 Å². The fourth-order valence-corrected chi connectivity index (χ4v) is 5.50. The largest absolute Gasteiger partial charge is 0.307 e. The molecule has 0 aliphatic carbocycles. The van der Waals surface area contributed by atoms with Gasteiger partial charge in [0.15, 0.2) is 0 Å². The summed E-state index contributed by atoms with van der Waals surface area (Å²) in [7, 11) is 0. The molecule has 2 nitrogen and oxygen atoms in total. The minimum Gasteiger partial charge on any atom is -0.307 e. The lowest BCUT2D eigenvalue weighted by atomic mass is 10.1. The van der Waals surface area contributed by atoms with Crippen LogP contribution in [-0.2, 0) is 0 Å². The molecule has 0 aliphatic heterocycles. The molecule has 162 valence electrons. The molecule has 2 heterocycles. The van der Waals surface area contributed by atoms with Crippen molar-refractivity contribution in [3.63, 3.8) is 0 Å². The van der Waals surface area contributed by atoms with E-state index in [1.54, 1.807) is 0 Å². The maximum Gasteiger partial charge on any atom is 0.0788 e. The second-order valence-corrected chi connectivity index (χ2v) is 9.24. The Hall–Kier alpha value is -4.30. The van der Waals surface area contributed by atoms with Crippen molar-refractivity contribution in [2.45, 2.75) is 13.8 Å². The predicted octanol–water partition coefficient (Wildman–Crippen LogP) is 8.50. The van der Waals surface area contributed by atoms with Crippen LogP contribution in [0.25, 0.3) is 55.0 Å². The van der Waals surface area contributed by atoms with Crippen LogP contribution in [0.4, 0.5) is 0 Å². The molecule has 0 bridgehead atoms. The topological polar surface area (TPSA) is 9.86 Å². The fourth-order valence-electron chi connectivity index (χ4n) is 5.50. The Labute approximate surface area is 198 Å². The molecule has 0 saturated carbocycles. The third-order valence-electron chi connectivity index (χ3n) is 7.02. The van der Waals surface area contributed by atoms with Crippen molar-refractivity contribution in [1.82, 2.24) is 9.13 Å². The molecule has 0 spiro atoms. The quantitative estimate of drug-likeness (QED) is 0.257. The lowest BCUT2D eigenvalue weighted by Gasteiger charge is -2.13. The van der Waals surface area contributed by atoms with Crippen molar-refractivity contribution >= 4 is 43.6 Å². The van der Waals surface area contributed by atoms with Gasteiger partial charge < -0.3 is 9.13 Å². The van der Waals surface area contributed by atoms with E-state index in [4.69, 9.17) is 0 Å². The molecule has 2 heteroatoms. The first-order valence-electron chi connectivity index (χ1n) is 11.8. The van der Waals surface area contributed by atoms with Gasteiger partial charge in [-0.25, -0.2) is 0 Å². The van der Waals surface area contributed by atoms with Crippen LogP contribution in [0.2, 0.25) is 0 Å². The van der Waals surface area contributed by atoms with E-state index in [9.17, 15) is 0 Å². The van der Waals surface area contributed by atoms with Crippen molar-refractivity contribution in [2.24, 2.45) is 0 Å². The Morgan fingerprint density at radius 3 is 1.56 bits per heavy atom. The van der Waals surface area contributed by atoms with E-state index in [1.807, 2.05) is 0 Å². The van der Waals surface area contributed by atoms with Crippen LogP contribution < -0.4 is 0 Å². The fraction of sp³-hybridized carbons (Fsp3) is 0.0625. The number of hydrogen-bond donors (Lipinski definition) is 0. The van der Waals surface area contributed by atoms with E-state index in [-0.39, 0.29) is 0 Å². The van der Waals surface area contributed by atoms with E-state index < -0.39 is 0 Å². The van der Waals surface area contributed by atoms with Gasteiger partial charge in [0.2, 0.25) is 0 Å². The monoisotopic (exact) mass is 436 g/mol. The van der Waals surface area contributed by atoms with Crippen LogP contribution in [-0.4, -0.2) is 9.13 Å². The molecular formula is C32H24N2. The highest BCUT2D eigenvalue weighted by atomic mass is 15.0. The van der Waals surface area contributed by atoms with Gasteiger partial charge in [-0.2, -0.15) is 0 Å². The van der Waals surface area contributed by atoms with Crippen molar-refractivity contribution in [2.75, 3.05) is 0 Å². The second-order valence-electron chi connectivity index (χ2n) is 9.24. The van der Waals surface area contributed by atoms with Crippen LogP contribution in [0.15, 0.2) is 109 Å². The molecule has 0 saturated heterocycles. The highest BCUT2D eigenvalue weighted by Crippen LogP contribution is 2.41. The number of hydrogen-bond acceptors (Lipinski definition) is 0. The third kappa shape index (κ3) is 2.63. The number of fused-ring (bicyclic) bond motifs is 7. The molecule has 0 N–H and O–H groups in total. The number of para-hydroxylation sites is 2. The molecule has 0 atom stereocenters. The highest BCUT2D eigenvalue weighted by molar-refractivity contribution is 6.23. The lowest BCUT2D eigenvalue weighted by molar-refractivity contribution is 1.14. The summed E-state index contributed by atoms with van der Waals surface area (Å²) in [5.74, 6) is 0.